The lowest BCUT2D eigenvalue weighted by atomic mass is 9.79. The summed E-state index contributed by atoms with van der Waals surface area (Å²) in [7, 11) is -4.83. The number of ether oxygens (including phenoxy) is 1. The topological polar surface area (TPSA) is 244 Å². The number of hydrogen-bond donors (Lipinski definition) is 5. The number of phosphoric acid groups is 1. The van der Waals surface area contributed by atoms with Gasteiger partial charge in [0.2, 0.25) is 5.95 Å². The van der Waals surface area contributed by atoms with Crippen LogP contribution in [0.1, 0.15) is 46.8 Å². The van der Waals surface area contributed by atoms with E-state index >= 15 is 0 Å². The Hall–Kier alpha value is -2.43. The van der Waals surface area contributed by atoms with Crippen molar-refractivity contribution in [2.24, 2.45) is 5.11 Å². The molecule has 0 spiro atoms. The minimum atomic E-state index is -4.83. The van der Waals surface area contributed by atoms with Crippen molar-refractivity contribution in [3.8, 4) is 0 Å². The van der Waals surface area contributed by atoms with E-state index in [-0.39, 0.29) is 29.0 Å². The van der Waals surface area contributed by atoms with Crippen LogP contribution in [0.15, 0.2) is 11.4 Å². The van der Waals surface area contributed by atoms with Gasteiger partial charge in [-0.05, 0) is 51.2 Å². The lowest BCUT2D eigenvalue weighted by Gasteiger charge is -2.50. The molecule has 1 radical (unpaired) electrons. The van der Waals surface area contributed by atoms with E-state index in [0.717, 1.165) is 5.06 Å². The van der Waals surface area contributed by atoms with E-state index in [0.29, 0.717) is 12.8 Å². The number of hydroxylamine groups is 2. The van der Waals surface area contributed by atoms with E-state index in [4.69, 9.17) is 20.1 Å². The molecule has 2 aromatic rings. The monoisotopic (exact) mass is 542 g/mol. The van der Waals surface area contributed by atoms with Gasteiger partial charge in [0.25, 0.3) is 0 Å². The molecule has 37 heavy (non-hydrogen) atoms. The highest BCUT2D eigenvalue weighted by molar-refractivity contribution is 7.46. The molecule has 4 atom stereocenters. The van der Waals surface area contributed by atoms with Crippen LogP contribution in [0.2, 0.25) is 0 Å². The Morgan fingerprint density at radius 3 is 2.49 bits per heavy atom. The summed E-state index contributed by atoms with van der Waals surface area (Å²) in [6, 6.07) is -0.193. The summed E-state index contributed by atoms with van der Waals surface area (Å²) in [5.74, 6) is -0.00929. The number of nitrogens with one attached hydrogen (secondary N) is 1. The second kappa shape index (κ2) is 9.71. The Kier molecular flexibility index (Phi) is 7.24. The number of aliphatic hydroxyl groups is 2. The lowest BCUT2D eigenvalue weighted by Crippen LogP contribution is -2.60. The number of aromatic nitrogens is 4. The molecule has 2 fully saturated rings. The first-order valence-corrected chi connectivity index (χ1v) is 12.9. The van der Waals surface area contributed by atoms with Gasteiger partial charge in [-0.1, -0.05) is 0 Å². The van der Waals surface area contributed by atoms with Crippen molar-refractivity contribution in [1.29, 1.82) is 0 Å². The number of hydrogen-bond acceptors (Lipinski definition) is 11. The van der Waals surface area contributed by atoms with Gasteiger partial charge < -0.3 is 30.1 Å². The fourth-order valence-corrected chi connectivity index (χ4v) is 5.44. The molecule has 0 aliphatic carbocycles. The SMILES string of the molecule is CC1(C)CC(Nc2nc(N=[N+]=[N-])nc3c2ncn3[C@@H]2O[C@H](COP(=O)(O)O)[C@@H](O)[C@H]2O)CC(C)(C)N1[O]. The third-order valence-corrected chi connectivity index (χ3v) is 6.98. The van der Waals surface area contributed by atoms with Crippen LogP contribution >= 0.6 is 7.82 Å². The van der Waals surface area contributed by atoms with Gasteiger partial charge in [0.1, 0.15) is 18.3 Å². The van der Waals surface area contributed by atoms with Crippen LogP contribution in [-0.4, -0.2) is 86.6 Å². The number of anilines is 1. The highest BCUT2D eigenvalue weighted by Gasteiger charge is 2.47. The van der Waals surface area contributed by atoms with E-state index in [9.17, 15) is 20.0 Å². The summed E-state index contributed by atoms with van der Waals surface area (Å²) in [6.45, 7) is 6.72. The molecule has 4 rings (SSSR count). The predicted molar refractivity (Wildman–Crippen MR) is 125 cm³/mol. The first-order valence-electron chi connectivity index (χ1n) is 11.4. The van der Waals surface area contributed by atoms with Gasteiger partial charge in [0.15, 0.2) is 23.2 Å². The van der Waals surface area contributed by atoms with Crippen LogP contribution < -0.4 is 5.32 Å². The number of piperidine rings is 1. The van der Waals surface area contributed by atoms with E-state index in [1.165, 1.54) is 10.9 Å². The molecule has 2 aliphatic heterocycles. The van der Waals surface area contributed by atoms with E-state index < -0.39 is 50.0 Å². The number of rotatable bonds is 7. The van der Waals surface area contributed by atoms with Crippen LogP contribution in [0.25, 0.3) is 21.6 Å². The minimum Gasteiger partial charge on any atom is -0.387 e. The third kappa shape index (κ3) is 5.56. The van der Waals surface area contributed by atoms with Gasteiger partial charge in [-0.2, -0.15) is 0 Å². The molecule has 17 nitrogen and oxygen atoms in total. The molecule has 0 aromatic carbocycles. The maximum Gasteiger partial charge on any atom is 0.469 e. The van der Waals surface area contributed by atoms with Crippen molar-refractivity contribution in [2.75, 3.05) is 11.9 Å². The molecular formula is C19H29N9O8P. The molecule has 18 heteroatoms. The molecule has 2 aromatic heterocycles. The summed E-state index contributed by atoms with van der Waals surface area (Å²) in [6.07, 6.45) is -3.32. The van der Waals surface area contributed by atoms with E-state index in [1.807, 2.05) is 27.7 Å². The second-order valence-electron chi connectivity index (χ2n) is 10.4. The Morgan fingerprint density at radius 2 is 1.89 bits per heavy atom. The van der Waals surface area contributed by atoms with Crippen LogP contribution in [0.4, 0.5) is 11.8 Å². The van der Waals surface area contributed by atoms with E-state index in [1.54, 1.807) is 0 Å². The molecule has 0 saturated carbocycles. The average molecular weight is 542 g/mol. The Labute approximate surface area is 210 Å². The van der Waals surface area contributed by atoms with Gasteiger partial charge in [0, 0.05) is 22.0 Å². The first kappa shape index (κ1) is 27.6. The van der Waals surface area contributed by atoms with Crippen molar-refractivity contribution in [3.63, 3.8) is 0 Å². The van der Waals surface area contributed by atoms with Gasteiger partial charge in [-0.15, -0.1) is 10.3 Å². The summed E-state index contributed by atoms with van der Waals surface area (Å²) in [4.78, 5) is 33.4. The maximum absolute atomic E-state index is 12.7. The normalized spacial score (nSPS) is 28.4. The lowest BCUT2D eigenvalue weighted by molar-refractivity contribution is -0.288. The molecule has 0 amide bonds. The van der Waals surface area contributed by atoms with Crippen molar-refractivity contribution >= 4 is 30.8 Å². The predicted octanol–water partition coefficient (Wildman–Crippen LogP) is 1.28. The van der Waals surface area contributed by atoms with Gasteiger partial charge in [-0.3, -0.25) is 9.09 Å². The van der Waals surface area contributed by atoms with E-state index in [2.05, 4.69) is 34.8 Å². The quantitative estimate of drug-likeness (QED) is 0.144. The smallest absolute Gasteiger partial charge is 0.387 e. The fraction of sp³-hybridized carbons (Fsp3) is 0.737. The van der Waals surface area contributed by atoms with Crippen LogP contribution in [0.3, 0.4) is 0 Å². The van der Waals surface area contributed by atoms with Crippen molar-refractivity contribution in [3.05, 3.63) is 16.8 Å². The van der Waals surface area contributed by atoms with Crippen molar-refractivity contribution < 1.29 is 39.0 Å². The summed E-state index contributed by atoms with van der Waals surface area (Å²) < 4.78 is 22.4. The molecular weight excluding hydrogens is 513 g/mol. The fourth-order valence-electron chi connectivity index (χ4n) is 5.10. The summed E-state index contributed by atoms with van der Waals surface area (Å²) >= 11 is 0. The molecule has 2 saturated heterocycles. The van der Waals surface area contributed by atoms with Gasteiger partial charge in [0.05, 0.1) is 12.9 Å². The van der Waals surface area contributed by atoms with Crippen molar-refractivity contribution in [1.82, 2.24) is 24.6 Å². The highest BCUT2D eigenvalue weighted by atomic mass is 31.2. The third-order valence-electron chi connectivity index (χ3n) is 6.49. The Morgan fingerprint density at radius 1 is 1.24 bits per heavy atom. The second-order valence-corrected chi connectivity index (χ2v) is 11.6. The van der Waals surface area contributed by atoms with Crippen LogP contribution in [-0.2, 0) is 19.0 Å². The zero-order chi connectivity index (χ0) is 27.3. The summed E-state index contributed by atoms with van der Waals surface area (Å²) in [5, 5.41) is 41.5. The maximum atomic E-state index is 12.7. The zero-order valence-electron chi connectivity index (χ0n) is 20.5. The molecule has 4 heterocycles. The van der Waals surface area contributed by atoms with Crippen LogP contribution in [0, 0.1) is 0 Å². The number of nitrogens with zero attached hydrogens (tertiary/aromatic N) is 8. The summed E-state index contributed by atoms with van der Waals surface area (Å²) in [5.41, 5.74) is 7.98. The number of phosphoric ester groups is 1. The number of aliphatic hydroxyl groups excluding tert-OH is 2. The Balaban J connectivity index is 1.67. The van der Waals surface area contributed by atoms with Crippen LogP contribution in [0.5, 0.6) is 0 Å². The first-order chi connectivity index (χ1) is 17.1. The standard InChI is InChI=1S/C19H29N9O8P/c1-18(2)5-9(6-19(3,4)28(18)31)22-14-11-15(24-17(23-14)25-26-20)27(8-21-11)16-13(30)12(29)10(36-16)7-35-37(32,33)34/h8-10,12-13,16,29-30H,5-7H2,1-4H3,(H,22,23,24)(H2,32,33,34)/t10-,12-,13-,16-/m1/s1. The minimum absolute atomic E-state index is 0.104. The number of imidazole rings is 1. The average Bonchev–Trinajstić information content (AvgIpc) is 3.31. The largest absolute Gasteiger partial charge is 0.469 e. The zero-order valence-corrected chi connectivity index (χ0v) is 21.4. The molecule has 5 N–H and O–H groups in total. The molecule has 203 valence electrons. The molecule has 0 bridgehead atoms. The highest BCUT2D eigenvalue weighted by Crippen LogP contribution is 2.40. The van der Waals surface area contributed by atoms with Gasteiger partial charge in [-0.25, -0.2) is 19.5 Å². The number of azide groups is 1. The van der Waals surface area contributed by atoms with Crippen molar-refractivity contribution in [2.45, 2.75) is 82.2 Å². The molecule has 0 unspecified atom stereocenters. The number of fused-ring (bicyclic) bond motifs is 1. The Bertz CT molecular complexity index is 1240. The molecule has 2 aliphatic rings. The van der Waals surface area contributed by atoms with Gasteiger partial charge >= 0.3 is 7.82 Å².